The van der Waals surface area contributed by atoms with Gasteiger partial charge in [0.1, 0.15) is 11.6 Å². The maximum absolute atomic E-state index is 12.7. The number of imidazole rings is 1. The third kappa shape index (κ3) is 3.62. The number of nitrogens with one attached hydrogen (secondary N) is 1. The Morgan fingerprint density at radius 1 is 1.24 bits per heavy atom. The monoisotopic (exact) mass is 414 g/mol. The van der Waals surface area contributed by atoms with E-state index in [1.54, 1.807) is 22.0 Å². The van der Waals surface area contributed by atoms with Crippen LogP contribution < -0.4 is 5.56 Å². The van der Waals surface area contributed by atoms with Gasteiger partial charge in [-0.2, -0.15) is 5.10 Å². The van der Waals surface area contributed by atoms with Crippen molar-refractivity contribution in [2.45, 2.75) is 45.1 Å². The van der Waals surface area contributed by atoms with Crippen LogP contribution in [0.5, 0.6) is 0 Å². The summed E-state index contributed by atoms with van der Waals surface area (Å²) >= 11 is 1.75. The molecule has 3 aromatic heterocycles. The number of rotatable bonds is 4. The minimum atomic E-state index is -0.107. The highest BCUT2D eigenvalue weighted by Gasteiger charge is 2.33. The van der Waals surface area contributed by atoms with E-state index in [0.29, 0.717) is 17.4 Å². The van der Waals surface area contributed by atoms with Gasteiger partial charge in [0.05, 0.1) is 11.2 Å². The number of likely N-dealkylation sites (tertiary alicyclic amines) is 1. The Kier molecular flexibility index (Phi) is 4.97. The number of hydrogen-bond donors (Lipinski definition) is 1. The molecule has 0 aromatic carbocycles. The normalized spacial score (nSPS) is 23.9. The lowest BCUT2D eigenvalue weighted by molar-refractivity contribution is 0.0832. The highest BCUT2D eigenvalue weighted by atomic mass is 32.1. The molecule has 154 valence electrons. The van der Waals surface area contributed by atoms with E-state index in [4.69, 9.17) is 9.84 Å². The molecule has 0 spiro atoms. The lowest BCUT2D eigenvalue weighted by Gasteiger charge is -2.21. The molecule has 2 atom stereocenters. The first kappa shape index (κ1) is 18.9. The predicted octanol–water partition coefficient (Wildman–Crippen LogP) is 2.31. The van der Waals surface area contributed by atoms with Gasteiger partial charge in [0.25, 0.3) is 5.56 Å². The Morgan fingerprint density at radius 2 is 2.07 bits per heavy atom. The van der Waals surface area contributed by atoms with E-state index in [1.807, 2.05) is 13.1 Å². The fraction of sp³-hybridized carbons (Fsp3) is 0.600. The fourth-order valence-electron chi connectivity index (χ4n) is 4.59. The van der Waals surface area contributed by atoms with Gasteiger partial charge in [-0.1, -0.05) is 6.92 Å². The summed E-state index contributed by atoms with van der Waals surface area (Å²) in [5, 5.41) is 5.97. The first-order valence-electron chi connectivity index (χ1n) is 10.3. The van der Waals surface area contributed by atoms with Crippen molar-refractivity contribution in [2.75, 3.05) is 26.3 Å². The number of aromatic nitrogens is 5. The Balaban J connectivity index is 1.42. The molecule has 8 nitrogen and oxygen atoms in total. The molecule has 2 aliphatic rings. The Morgan fingerprint density at radius 3 is 2.83 bits per heavy atom. The zero-order chi connectivity index (χ0) is 20.0. The molecule has 0 aliphatic carbocycles. The van der Waals surface area contributed by atoms with Gasteiger partial charge in [0, 0.05) is 55.8 Å². The Bertz CT molecular complexity index is 1070. The van der Waals surface area contributed by atoms with Gasteiger partial charge in [0.2, 0.25) is 0 Å². The van der Waals surface area contributed by atoms with E-state index >= 15 is 0 Å². The summed E-state index contributed by atoms with van der Waals surface area (Å²) in [4.78, 5) is 28.4. The number of hydrogen-bond acceptors (Lipinski definition) is 7. The first-order valence-corrected chi connectivity index (χ1v) is 11.1. The van der Waals surface area contributed by atoms with Crippen LogP contribution in [0.3, 0.4) is 0 Å². The predicted molar refractivity (Wildman–Crippen MR) is 110 cm³/mol. The van der Waals surface area contributed by atoms with Crippen molar-refractivity contribution in [2.24, 2.45) is 5.92 Å². The van der Waals surface area contributed by atoms with E-state index in [0.717, 1.165) is 62.3 Å². The number of aromatic amines is 1. The molecule has 0 radical (unpaired) electrons. The summed E-state index contributed by atoms with van der Waals surface area (Å²) in [6.07, 6.45) is 5.46. The molecule has 5 rings (SSSR count). The Hall–Kier alpha value is -2.10. The molecular formula is C20H26N6O2S. The molecule has 5 heterocycles. The first-order chi connectivity index (χ1) is 14.1. The quantitative estimate of drug-likeness (QED) is 0.705. The molecule has 0 saturated carbocycles. The van der Waals surface area contributed by atoms with Crippen LogP contribution in [0.25, 0.3) is 5.52 Å². The molecule has 2 fully saturated rings. The number of thiazole rings is 1. The van der Waals surface area contributed by atoms with E-state index in [-0.39, 0.29) is 11.5 Å². The average Bonchev–Trinajstić information content (AvgIpc) is 3.41. The Labute approximate surface area is 172 Å². The molecule has 0 bridgehead atoms. The van der Waals surface area contributed by atoms with Gasteiger partial charge in [0.15, 0.2) is 5.52 Å². The van der Waals surface area contributed by atoms with Crippen molar-refractivity contribution in [3.05, 3.63) is 44.3 Å². The van der Waals surface area contributed by atoms with Crippen LogP contribution in [0.4, 0.5) is 0 Å². The van der Waals surface area contributed by atoms with Gasteiger partial charge >= 0.3 is 0 Å². The molecular weight excluding hydrogens is 388 g/mol. The number of nitrogens with zero attached hydrogens (tertiary/aromatic N) is 5. The van der Waals surface area contributed by atoms with E-state index in [2.05, 4.69) is 26.8 Å². The van der Waals surface area contributed by atoms with Crippen LogP contribution in [0, 0.1) is 12.8 Å². The van der Waals surface area contributed by atoms with Crippen molar-refractivity contribution < 1.29 is 4.74 Å². The van der Waals surface area contributed by atoms with Gasteiger partial charge < -0.3 is 9.72 Å². The minimum Gasteiger partial charge on any atom is -0.381 e. The molecule has 2 unspecified atom stereocenters. The largest absolute Gasteiger partial charge is 0.381 e. The molecule has 2 aliphatic heterocycles. The zero-order valence-electron chi connectivity index (χ0n) is 16.8. The SMILES string of the molecule is Cc1ncc(CN2CC(C)C(c3nn4c(C5CCOCC5)ncc4c(=O)[nH]3)C2)s1. The molecule has 2 saturated heterocycles. The summed E-state index contributed by atoms with van der Waals surface area (Å²) in [5.74, 6) is 2.56. The molecule has 3 aromatic rings. The maximum atomic E-state index is 12.7. The van der Waals surface area contributed by atoms with Crippen molar-refractivity contribution in [1.82, 2.24) is 29.5 Å². The summed E-state index contributed by atoms with van der Waals surface area (Å²) < 4.78 is 7.26. The number of H-pyrrole nitrogens is 1. The van der Waals surface area contributed by atoms with Gasteiger partial charge in [-0.15, -0.1) is 11.3 Å². The minimum absolute atomic E-state index is 0.107. The van der Waals surface area contributed by atoms with Crippen LogP contribution in [0.1, 0.15) is 53.1 Å². The topological polar surface area (TPSA) is 88.4 Å². The summed E-state index contributed by atoms with van der Waals surface area (Å²) in [5.41, 5.74) is 0.419. The second-order valence-corrected chi connectivity index (χ2v) is 9.58. The highest BCUT2D eigenvalue weighted by molar-refractivity contribution is 7.11. The molecule has 29 heavy (non-hydrogen) atoms. The van der Waals surface area contributed by atoms with E-state index in [9.17, 15) is 4.79 Å². The number of ether oxygens (including phenoxy) is 1. The maximum Gasteiger partial charge on any atom is 0.276 e. The highest BCUT2D eigenvalue weighted by Crippen LogP contribution is 2.32. The summed E-state index contributed by atoms with van der Waals surface area (Å²) in [7, 11) is 0. The van der Waals surface area contributed by atoms with Crippen molar-refractivity contribution in [1.29, 1.82) is 0 Å². The van der Waals surface area contributed by atoms with Crippen LogP contribution in [-0.2, 0) is 11.3 Å². The second kappa shape index (κ2) is 7.62. The van der Waals surface area contributed by atoms with Crippen molar-refractivity contribution in [3.63, 3.8) is 0 Å². The zero-order valence-corrected chi connectivity index (χ0v) is 17.6. The molecule has 9 heteroatoms. The van der Waals surface area contributed by atoms with Crippen LogP contribution in [0.15, 0.2) is 17.2 Å². The lowest BCUT2D eigenvalue weighted by Crippen LogP contribution is -2.24. The van der Waals surface area contributed by atoms with Gasteiger partial charge in [-0.25, -0.2) is 14.5 Å². The van der Waals surface area contributed by atoms with Gasteiger partial charge in [-0.05, 0) is 25.7 Å². The fourth-order valence-corrected chi connectivity index (χ4v) is 5.42. The second-order valence-electron chi connectivity index (χ2n) is 8.26. The standard InChI is InChI=1S/C20H26N6O2S/c1-12-9-25(10-15-7-21-13(2)29-15)11-16(12)18-23-20(27)17-8-22-19(26(17)24-18)14-3-5-28-6-4-14/h7-8,12,14,16H,3-6,9-11H2,1-2H3,(H,23,24,27). The van der Waals surface area contributed by atoms with Crippen LogP contribution in [-0.4, -0.2) is 55.8 Å². The van der Waals surface area contributed by atoms with Gasteiger partial charge in [-0.3, -0.25) is 9.69 Å². The summed E-state index contributed by atoms with van der Waals surface area (Å²) in [6.45, 7) is 8.52. The van der Waals surface area contributed by atoms with E-state index < -0.39 is 0 Å². The summed E-state index contributed by atoms with van der Waals surface area (Å²) in [6, 6.07) is 0. The smallest absolute Gasteiger partial charge is 0.276 e. The van der Waals surface area contributed by atoms with E-state index in [1.165, 1.54) is 4.88 Å². The molecule has 1 N–H and O–H groups in total. The van der Waals surface area contributed by atoms with Crippen LogP contribution in [0.2, 0.25) is 0 Å². The molecule has 0 amide bonds. The third-order valence-corrected chi connectivity index (χ3v) is 7.02. The van der Waals surface area contributed by atoms with Crippen molar-refractivity contribution in [3.8, 4) is 0 Å². The number of aryl methyl sites for hydroxylation is 1. The van der Waals surface area contributed by atoms with Crippen molar-refractivity contribution >= 4 is 16.9 Å². The average molecular weight is 415 g/mol. The van der Waals surface area contributed by atoms with Crippen LogP contribution >= 0.6 is 11.3 Å². The number of fused-ring (bicyclic) bond motifs is 1. The lowest BCUT2D eigenvalue weighted by atomic mass is 9.97. The third-order valence-electron chi connectivity index (χ3n) is 6.12.